The lowest BCUT2D eigenvalue weighted by atomic mass is 10.1. The van der Waals surface area contributed by atoms with E-state index in [9.17, 15) is 9.59 Å². The Morgan fingerprint density at radius 1 is 1.16 bits per heavy atom. The van der Waals surface area contributed by atoms with Crippen molar-refractivity contribution in [2.45, 2.75) is 25.3 Å². The third-order valence-corrected chi connectivity index (χ3v) is 4.35. The largest absolute Gasteiger partial charge is 0.482 e. The highest BCUT2D eigenvalue weighted by Gasteiger charge is 2.22. The number of amides is 3. The van der Waals surface area contributed by atoms with E-state index >= 15 is 0 Å². The number of anilines is 2. The first-order chi connectivity index (χ1) is 12.2. The van der Waals surface area contributed by atoms with Gasteiger partial charge in [0.25, 0.3) is 5.91 Å². The maximum Gasteiger partial charge on any atom is 0.319 e. The van der Waals surface area contributed by atoms with E-state index < -0.39 is 0 Å². The van der Waals surface area contributed by atoms with E-state index in [1.807, 2.05) is 0 Å². The molecule has 1 heterocycles. The number of carbonyl (C=O) groups excluding carboxylic acids is 2. The molecule has 1 saturated carbocycles. The molecule has 0 unspecified atom stereocenters. The molecule has 2 aromatic rings. The SMILES string of the molecule is O=C1COc2cc(NC(=O)NCc3ccc(C4CC4)cc3)ccc2N1. The van der Waals surface area contributed by atoms with Gasteiger partial charge in [0.15, 0.2) is 6.61 Å². The average molecular weight is 337 g/mol. The minimum atomic E-state index is -0.286. The summed E-state index contributed by atoms with van der Waals surface area (Å²) in [6, 6.07) is 13.2. The Balaban J connectivity index is 1.32. The molecule has 0 bridgehead atoms. The van der Waals surface area contributed by atoms with Crippen molar-refractivity contribution in [2.75, 3.05) is 17.2 Å². The lowest BCUT2D eigenvalue weighted by molar-refractivity contribution is -0.118. The predicted octanol–water partition coefficient (Wildman–Crippen LogP) is 3.22. The molecule has 0 saturated heterocycles. The van der Waals surface area contributed by atoms with Gasteiger partial charge < -0.3 is 20.7 Å². The van der Waals surface area contributed by atoms with Gasteiger partial charge in [-0.2, -0.15) is 0 Å². The van der Waals surface area contributed by atoms with Gasteiger partial charge in [0, 0.05) is 18.3 Å². The third-order valence-electron chi connectivity index (χ3n) is 4.35. The molecule has 1 fully saturated rings. The number of rotatable bonds is 4. The standard InChI is InChI=1S/C19H19N3O3/c23-18-11-25-17-9-15(7-8-16(17)22-18)21-19(24)20-10-12-1-3-13(4-2-12)14-5-6-14/h1-4,7-9,14H,5-6,10-11H2,(H,22,23)(H2,20,21,24). The summed E-state index contributed by atoms with van der Waals surface area (Å²) in [5, 5.41) is 8.32. The number of benzene rings is 2. The van der Waals surface area contributed by atoms with Gasteiger partial charge in [0.1, 0.15) is 5.75 Å². The fraction of sp³-hybridized carbons (Fsp3) is 0.263. The number of hydrogen-bond donors (Lipinski definition) is 3. The van der Waals surface area contributed by atoms with Crippen LogP contribution in [0.15, 0.2) is 42.5 Å². The Morgan fingerprint density at radius 2 is 1.96 bits per heavy atom. The summed E-state index contributed by atoms with van der Waals surface area (Å²) in [7, 11) is 0. The number of ether oxygens (including phenoxy) is 1. The van der Waals surface area contributed by atoms with Crippen molar-refractivity contribution in [1.82, 2.24) is 5.32 Å². The molecule has 6 nitrogen and oxygen atoms in total. The first-order valence-corrected chi connectivity index (χ1v) is 8.38. The van der Waals surface area contributed by atoms with Gasteiger partial charge in [0.2, 0.25) is 0 Å². The van der Waals surface area contributed by atoms with Crippen LogP contribution in [0.3, 0.4) is 0 Å². The normalized spacial score (nSPS) is 15.6. The molecule has 25 heavy (non-hydrogen) atoms. The second-order valence-electron chi connectivity index (χ2n) is 6.37. The molecule has 4 rings (SSSR count). The Morgan fingerprint density at radius 3 is 2.72 bits per heavy atom. The van der Waals surface area contributed by atoms with Gasteiger partial charge in [-0.05, 0) is 42.0 Å². The lowest BCUT2D eigenvalue weighted by Gasteiger charge is -2.18. The fourth-order valence-electron chi connectivity index (χ4n) is 2.83. The molecule has 0 radical (unpaired) electrons. The summed E-state index contributed by atoms with van der Waals surface area (Å²) >= 11 is 0. The van der Waals surface area contributed by atoms with Crippen molar-refractivity contribution in [3.8, 4) is 5.75 Å². The highest BCUT2D eigenvalue weighted by molar-refractivity contribution is 5.96. The minimum absolute atomic E-state index is 0.0144. The Hall–Kier alpha value is -3.02. The van der Waals surface area contributed by atoms with E-state index in [0.717, 1.165) is 11.5 Å². The van der Waals surface area contributed by atoms with Gasteiger partial charge in [-0.25, -0.2) is 4.79 Å². The molecular formula is C19H19N3O3. The molecule has 128 valence electrons. The number of carbonyl (C=O) groups is 2. The van der Waals surface area contributed by atoms with Crippen LogP contribution in [-0.4, -0.2) is 18.5 Å². The first kappa shape index (κ1) is 15.5. The number of fused-ring (bicyclic) bond motifs is 1. The molecule has 0 atom stereocenters. The summed E-state index contributed by atoms with van der Waals surface area (Å²) in [5.41, 5.74) is 3.67. The van der Waals surface area contributed by atoms with E-state index in [-0.39, 0.29) is 18.5 Å². The lowest BCUT2D eigenvalue weighted by Crippen LogP contribution is -2.28. The predicted molar refractivity (Wildman–Crippen MR) is 94.8 cm³/mol. The van der Waals surface area contributed by atoms with Crippen molar-refractivity contribution in [2.24, 2.45) is 0 Å². The van der Waals surface area contributed by atoms with Crippen LogP contribution >= 0.6 is 0 Å². The van der Waals surface area contributed by atoms with Gasteiger partial charge in [-0.1, -0.05) is 24.3 Å². The second kappa shape index (κ2) is 6.47. The Labute approximate surface area is 145 Å². The first-order valence-electron chi connectivity index (χ1n) is 8.38. The summed E-state index contributed by atoms with van der Waals surface area (Å²) < 4.78 is 5.34. The van der Waals surface area contributed by atoms with Crippen LogP contribution in [0.25, 0.3) is 0 Å². The zero-order valence-electron chi connectivity index (χ0n) is 13.7. The molecule has 1 aliphatic heterocycles. The number of hydrogen-bond acceptors (Lipinski definition) is 3. The van der Waals surface area contributed by atoms with Crippen LogP contribution in [0, 0.1) is 0 Å². The molecule has 2 aromatic carbocycles. The molecule has 0 aromatic heterocycles. The van der Waals surface area contributed by atoms with Crippen LogP contribution in [0.4, 0.5) is 16.2 Å². The maximum absolute atomic E-state index is 12.1. The van der Waals surface area contributed by atoms with Gasteiger partial charge in [-0.15, -0.1) is 0 Å². The third kappa shape index (κ3) is 3.74. The van der Waals surface area contributed by atoms with E-state index in [4.69, 9.17) is 4.74 Å². The van der Waals surface area contributed by atoms with Gasteiger partial charge in [0.05, 0.1) is 5.69 Å². The zero-order valence-corrected chi connectivity index (χ0v) is 13.7. The molecule has 1 aliphatic carbocycles. The molecular weight excluding hydrogens is 318 g/mol. The van der Waals surface area contributed by atoms with E-state index in [0.29, 0.717) is 23.7 Å². The van der Waals surface area contributed by atoms with E-state index in [1.165, 1.54) is 18.4 Å². The van der Waals surface area contributed by atoms with Crippen LogP contribution < -0.4 is 20.7 Å². The quantitative estimate of drug-likeness (QED) is 0.801. The van der Waals surface area contributed by atoms with E-state index in [1.54, 1.807) is 18.2 Å². The number of nitrogens with one attached hydrogen (secondary N) is 3. The summed E-state index contributed by atoms with van der Waals surface area (Å²) in [6.45, 7) is 0.452. The maximum atomic E-state index is 12.1. The fourth-order valence-corrected chi connectivity index (χ4v) is 2.83. The Kier molecular flexibility index (Phi) is 4.01. The number of urea groups is 1. The smallest absolute Gasteiger partial charge is 0.319 e. The molecule has 0 spiro atoms. The van der Waals surface area contributed by atoms with Gasteiger partial charge >= 0.3 is 6.03 Å². The highest BCUT2D eigenvalue weighted by atomic mass is 16.5. The van der Waals surface area contributed by atoms with Crippen molar-refractivity contribution in [3.05, 3.63) is 53.6 Å². The van der Waals surface area contributed by atoms with Crippen molar-refractivity contribution in [1.29, 1.82) is 0 Å². The van der Waals surface area contributed by atoms with Crippen molar-refractivity contribution >= 4 is 23.3 Å². The van der Waals surface area contributed by atoms with Crippen LogP contribution in [-0.2, 0) is 11.3 Å². The van der Waals surface area contributed by atoms with Gasteiger partial charge in [-0.3, -0.25) is 4.79 Å². The molecule has 3 amide bonds. The summed E-state index contributed by atoms with van der Waals surface area (Å²) in [5.74, 6) is 1.10. The molecule has 6 heteroatoms. The highest BCUT2D eigenvalue weighted by Crippen LogP contribution is 2.39. The summed E-state index contributed by atoms with van der Waals surface area (Å²) in [4.78, 5) is 23.3. The van der Waals surface area contributed by atoms with Crippen LogP contribution in [0.2, 0.25) is 0 Å². The van der Waals surface area contributed by atoms with Crippen molar-refractivity contribution in [3.63, 3.8) is 0 Å². The molecule has 3 N–H and O–H groups in total. The summed E-state index contributed by atoms with van der Waals surface area (Å²) in [6.07, 6.45) is 2.57. The molecule has 2 aliphatic rings. The van der Waals surface area contributed by atoms with Crippen LogP contribution in [0.1, 0.15) is 29.9 Å². The topological polar surface area (TPSA) is 79.5 Å². The Bertz CT molecular complexity index is 813. The average Bonchev–Trinajstić information content (AvgIpc) is 3.46. The second-order valence-corrected chi connectivity index (χ2v) is 6.37. The minimum Gasteiger partial charge on any atom is -0.482 e. The monoisotopic (exact) mass is 337 g/mol. The zero-order chi connectivity index (χ0) is 17.2. The van der Waals surface area contributed by atoms with E-state index in [2.05, 4.69) is 40.2 Å². The van der Waals surface area contributed by atoms with Crippen LogP contribution in [0.5, 0.6) is 5.75 Å². The van der Waals surface area contributed by atoms with Crippen molar-refractivity contribution < 1.29 is 14.3 Å².